The van der Waals surface area contributed by atoms with E-state index in [-0.39, 0.29) is 11.2 Å². The van der Waals surface area contributed by atoms with Gasteiger partial charge in [0.05, 0.1) is 6.54 Å². The van der Waals surface area contributed by atoms with Crippen LogP contribution < -0.4 is 5.73 Å². The Kier molecular flexibility index (Phi) is 4.86. The number of hydrogen-bond acceptors (Lipinski definition) is 1. The molecule has 116 valence electrons. The van der Waals surface area contributed by atoms with Crippen molar-refractivity contribution in [2.24, 2.45) is 16.6 Å². The second-order valence-electron chi connectivity index (χ2n) is 6.76. The zero-order chi connectivity index (χ0) is 15.5. The Morgan fingerprint density at radius 3 is 2.90 bits per heavy atom. The highest BCUT2D eigenvalue weighted by atomic mass is 19.1. The van der Waals surface area contributed by atoms with Crippen molar-refractivity contribution in [3.05, 3.63) is 35.6 Å². The van der Waals surface area contributed by atoms with Gasteiger partial charge in [-0.1, -0.05) is 32.9 Å². The second-order valence-corrected chi connectivity index (χ2v) is 6.76. The molecule has 4 heteroatoms. The molecule has 1 atom stereocenters. The summed E-state index contributed by atoms with van der Waals surface area (Å²) in [5, 5.41) is 0. The van der Waals surface area contributed by atoms with Crippen LogP contribution in [0.2, 0.25) is 0 Å². The summed E-state index contributed by atoms with van der Waals surface area (Å²) in [4.78, 5) is 6.72. The van der Waals surface area contributed by atoms with Gasteiger partial charge in [-0.25, -0.2) is 4.39 Å². The third kappa shape index (κ3) is 4.19. The Morgan fingerprint density at radius 2 is 2.24 bits per heavy atom. The van der Waals surface area contributed by atoms with Crippen molar-refractivity contribution in [3.8, 4) is 0 Å². The molecule has 1 aromatic rings. The summed E-state index contributed by atoms with van der Waals surface area (Å²) in [7, 11) is 0. The molecular weight excluding hydrogens is 265 g/mol. The van der Waals surface area contributed by atoms with Gasteiger partial charge >= 0.3 is 0 Å². The second kappa shape index (κ2) is 6.46. The molecule has 1 heterocycles. The number of piperidine rings is 1. The average molecular weight is 291 g/mol. The molecule has 1 aliphatic heterocycles. The van der Waals surface area contributed by atoms with E-state index in [0.717, 1.165) is 18.7 Å². The monoisotopic (exact) mass is 291 g/mol. The molecule has 0 amide bonds. The van der Waals surface area contributed by atoms with Crippen LogP contribution in [-0.4, -0.2) is 30.5 Å². The molecule has 3 nitrogen and oxygen atoms in total. The first-order chi connectivity index (χ1) is 9.88. The number of aliphatic imine (C=N–C) groups is 1. The number of rotatable bonds is 3. The van der Waals surface area contributed by atoms with Gasteiger partial charge in [0.15, 0.2) is 5.96 Å². The van der Waals surface area contributed by atoms with E-state index in [1.165, 1.54) is 18.9 Å². The molecule has 0 bridgehead atoms. The van der Waals surface area contributed by atoms with Crippen LogP contribution in [-0.2, 0) is 5.41 Å². The third-order valence-electron chi connectivity index (χ3n) is 4.22. The van der Waals surface area contributed by atoms with Gasteiger partial charge in [-0.15, -0.1) is 0 Å². The van der Waals surface area contributed by atoms with E-state index in [4.69, 9.17) is 5.73 Å². The largest absolute Gasteiger partial charge is 0.370 e. The average Bonchev–Trinajstić information content (AvgIpc) is 2.45. The fourth-order valence-electron chi connectivity index (χ4n) is 2.78. The SMILES string of the molecule is CC1CCCN(C(N)=NCC(C)(C)c2cccc(F)c2)C1. The van der Waals surface area contributed by atoms with E-state index in [9.17, 15) is 4.39 Å². The van der Waals surface area contributed by atoms with Crippen LogP contribution in [0.3, 0.4) is 0 Å². The van der Waals surface area contributed by atoms with Gasteiger partial charge < -0.3 is 10.6 Å². The number of likely N-dealkylation sites (tertiary alicyclic amines) is 1. The Bertz CT molecular complexity index is 511. The number of nitrogens with zero attached hydrogens (tertiary/aromatic N) is 2. The van der Waals surface area contributed by atoms with E-state index in [2.05, 4.69) is 30.7 Å². The molecule has 1 aromatic carbocycles. The van der Waals surface area contributed by atoms with Crippen LogP contribution in [0.1, 0.15) is 39.2 Å². The molecule has 1 aliphatic rings. The first-order valence-corrected chi connectivity index (χ1v) is 7.69. The number of benzene rings is 1. The number of hydrogen-bond donors (Lipinski definition) is 1. The summed E-state index contributed by atoms with van der Waals surface area (Å²) in [6, 6.07) is 6.73. The van der Waals surface area contributed by atoms with Crippen LogP contribution in [0.25, 0.3) is 0 Å². The zero-order valence-electron chi connectivity index (χ0n) is 13.3. The lowest BCUT2D eigenvalue weighted by Gasteiger charge is -2.32. The Hall–Kier alpha value is -1.58. The summed E-state index contributed by atoms with van der Waals surface area (Å²) in [6.45, 7) is 8.91. The fourth-order valence-corrected chi connectivity index (χ4v) is 2.78. The van der Waals surface area contributed by atoms with Crippen LogP contribution in [0.4, 0.5) is 4.39 Å². The molecule has 21 heavy (non-hydrogen) atoms. The Labute approximate surface area is 127 Å². The van der Waals surface area contributed by atoms with Gasteiger partial charge in [-0.05, 0) is 36.5 Å². The van der Waals surface area contributed by atoms with Crippen molar-refractivity contribution >= 4 is 5.96 Å². The summed E-state index contributed by atoms with van der Waals surface area (Å²) in [5.74, 6) is 1.08. The molecular formula is C17H26FN3. The standard InChI is InChI=1S/C17H26FN3/c1-13-6-5-9-21(11-13)16(19)20-12-17(2,3)14-7-4-8-15(18)10-14/h4,7-8,10,13H,5-6,9,11-12H2,1-3H3,(H2,19,20). The maximum atomic E-state index is 13.4. The van der Waals surface area contributed by atoms with Crippen LogP contribution in [0, 0.1) is 11.7 Å². The molecule has 2 rings (SSSR count). The topological polar surface area (TPSA) is 41.6 Å². The normalized spacial score (nSPS) is 20.7. The van der Waals surface area contributed by atoms with E-state index in [0.29, 0.717) is 18.4 Å². The van der Waals surface area contributed by atoms with Crippen molar-refractivity contribution in [1.82, 2.24) is 4.90 Å². The van der Waals surface area contributed by atoms with Crippen molar-refractivity contribution in [2.45, 2.75) is 39.0 Å². The highest BCUT2D eigenvalue weighted by molar-refractivity contribution is 5.78. The summed E-state index contributed by atoms with van der Waals surface area (Å²) < 4.78 is 13.4. The minimum Gasteiger partial charge on any atom is -0.370 e. The summed E-state index contributed by atoms with van der Waals surface area (Å²) >= 11 is 0. The minimum atomic E-state index is -0.228. The summed E-state index contributed by atoms with van der Waals surface area (Å²) in [5.41, 5.74) is 6.85. The molecule has 0 saturated carbocycles. The van der Waals surface area contributed by atoms with Crippen molar-refractivity contribution in [1.29, 1.82) is 0 Å². The van der Waals surface area contributed by atoms with Crippen molar-refractivity contribution < 1.29 is 4.39 Å². The maximum Gasteiger partial charge on any atom is 0.191 e. The van der Waals surface area contributed by atoms with Gasteiger partial charge in [0.1, 0.15) is 5.82 Å². The van der Waals surface area contributed by atoms with Crippen LogP contribution in [0.5, 0.6) is 0 Å². The quantitative estimate of drug-likeness (QED) is 0.686. The van der Waals surface area contributed by atoms with Gasteiger partial charge in [0.25, 0.3) is 0 Å². The number of guanidine groups is 1. The minimum absolute atomic E-state index is 0.206. The molecule has 1 saturated heterocycles. The lowest BCUT2D eigenvalue weighted by atomic mass is 9.85. The predicted molar refractivity (Wildman–Crippen MR) is 85.9 cm³/mol. The molecule has 1 unspecified atom stereocenters. The predicted octanol–water partition coefficient (Wildman–Crippen LogP) is 3.15. The molecule has 0 aromatic heterocycles. The van der Waals surface area contributed by atoms with E-state index < -0.39 is 0 Å². The lowest BCUT2D eigenvalue weighted by molar-refractivity contribution is 0.270. The van der Waals surface area contributed by atoms with E-state index in [1.807, 2.05) is 6.07 Å². The maximum absolute atomic E-state index is 13.4. The smallest absolute Gasteiger partial charge is 0.191 e. The van der Waals surface area contributed by atoms with Gasteiger partial charge in [-0.3, -0.25) is 4.99 Å². The van der Waals surface area contributed by atoms with E-state index in [1.54, 1.807) is 12.1 Å². The molecule has 1 fully saturated rings. The summed E-state index contributed by atoms with van der Waals surface area (Å²) in [6.07, 6.45) is 2.43. The highest BCUT2D eigenvalue weighted by Gasteiger charge is 2.22. The molecule has 2 N–H and O–H groups in total. The van der Waals surface area contributed by atoms with Crippen molar-refractivity contribution in [2.75, 3.05) is 19.6 Å². The van der Waals surface area contributed by atoms with Gasteiger partial charge in [-0.2, -0.15) is 0 Å². The van der Waals surface area contributed by atoms with Crippen LogP contribution in [0.15, 0.2) is 29.3 Å². The fraction of sp³-hybridized carbons (Fsp3) is 0.588. The Morgan fingerprint density at radius 1 is 1.48 bits per heavy atom. The van der Waals surface area contributed by atoms with Crippen molar-refractivity contribution in [3.63, 3.8) is 0 Å². The highest BCUT2D eigenvalue weighted by Crippen LogP contribution is 2.24. The Balaban J connectivity index is 2.04. The van der Waals surface area contributed by atoms with Crippen LogP contribution >= 0.6 is 0 Å². The first-order valence-electron chi connectivity index (χ1n) is 7.69. The molecule has 0 aliphatic carbocycles. The van der Waals surface area contributed by atoms with E-state index >= 15 is 0 Å². The molecule has 0 spiro atoms. The number of halogens is 1. The number of nitrogens with two attached hydrogens (primary N) is 1. The van der Waals surface area contributed by atoms with Gasteiger partial charge in [0.2, 0.25) is 0 Å². The van der Waals surface area contributed by atoms with Gasteiger partial charge in [0, 0.05) is 18.5 Å². The first kappa shape index (κ1) is 15.8. The third-order valence-corrected chi connectivity index (χ3v) is 4.22. The zero-order valence-corrected chi connectivity index (χ0v) is 13.3. The lowest BCUT2D eigenvalue weighted by Crippen LogP contribution is -2.44. The molecule has 0 radical (unpaired) electrons.